The van der Waals surface area contributed by atoms with Gasteiger partial charge in [0.25, 0.3) is 0 Å². The number of rotatable bonds is 7. The standard InChI is InChI=1S/C28H32N4O5/c1-34-21-7-5-6-20(16-21)31-8-10-32(11-9-31)28-29-17-22-23(30-28)12-18(13-24(22)33)19-14-25(35-2)27(37-4)26(15-19)36-3/h5-7,14-18H,8-13H2,1-4H3/t18-/m1/s1. The Hall–Kier alpha value is -4.01. The fourth-order valence-corrected chi connectivity index (χ4v) is 5.13. The normalized spacial score (nSPS) is 17.3. The zero-order valence-corrected chi connectivity index (χ0v) is 21.7. The van der Waals surface area contributed by atoms with E-state index in [-0.39, 0.29) is 11.7 Å². The number of hydrogen-bond acceptors (Lipinski definition) is 9. The van der Waals surface area contributed by atoms with Gasteiger partial charge in [-0.3, -0.25) is 4.79 Å². The topological polar surface area (TPSA) is 86.2 Å². The molecule has 9 heteroatoms. The Morgan fingerprint density at radius 3 is 2.19 bits per heavy atom. The summed E-state index contributed by atoms with van der Waals surface area (Å²) in [5.74, 6) is 3.22. The third-order valence-electron chi connectivity index (χ3n) is 7.17. The van der Waals surface area contributed by atoms with E-state index < -0.39 is 0 Å². The molecule has 9 nitrogen and oxygen atoms in total. The minimum atomic E-state index is -0.0404. The molecule has 1 aromatic heterocycles. The Morgan fingerprint density at radius 2 is 1.54 bits per heavy atom. The molecule has 3 aromatic rings. The zero-order valence-electron chi connectivity index (χ0n) is 21.7. The number of anilines is 2. The molecule has 2 aromatic carbocycles. The molecular weight excluding hydrogens is 472 g/mol. The quantitative estimate of drug-likeness (QED) is 0.477. The van der Waals surface area contributed by atoms with Gasteiger partial charge in [0.15, 0.2) is 17.3 Å². The third kappa shape index (κ3) is 4.85. The first-order valence-corrected chi connectivity index (χ1v) is 12.4. The van der Waals surface area contributed by atoms with Crippen LogP contribution in [-0.4, -0.2) is 70.4 Å². The van der Waals surface area contributed by atoms with Crippen LogP contribution in [0.3, 0.4) is 0 Å². The van der Waals surface area contributed by atoms with Crippen LogP contribution in [0.2, 0.25) is 0 Å². The number of ketones is 1. The molecule has 0 bridgehead atoms. The first kappa shape index (κ1) is 24.7. The molecule has 1 aliphatic carbocycles. The summed E-state index contributed by atoms with van der Waals surface area (Å²) in [5.41, 5.74) is 3.50. The molecular formula is C28H32N4O5. The van der Waals surface area contributed by atoms with E-state index in [0.29, 0.717) is 41.6 Å². The van der Waals surface area contributed by atoms with Crippen molar-refractivity contribution in [2.24, 2.45) is 0 Å². The third-order valence-corrected chi connectivity index (χ3v) is 7.17. The van der Waals surface area contributed by atoms with Gasteiger partial charge in [0, 0.05) is 50.6 Å². The Bertz CT molecular complexity index is 1260. The molecule has 0 spiro atoms. The van der Waals surface area contributed by atoms with Gasteiger partial charge < -0.3 is 28.7 Å². The second-order valence-corrected chi connectivity index (χ2v) is 9.19. The van der Waals surface area contributed by atoms with Crippen molar-refractivity contribution < 1.29 is 23.7 Å². The summed E-state index contributed by atoms with van der Waals surface area (Å²) in [6.07, 6.45) is 2.71. The lowest BCUT2D eigenvalue weighted by Gasteiger charge is -2.36. The Kier molecular flexibility index (Phi) is 7.03. The Balaban J connectivity index is 1.34. The summed E-state index contributed by atoms with van der Waals surface area (Å²) < 4.78 is 21.9. The van der Waals surface area contributed by atoms with E-state index in [1.165, 1.54) is 0 Å². The number of ether oxygens (including phenoxy) is 4. The van der Waals surface area contributed by atoms with Gasteiger partial charge in [-0.1, -0.05) is 6.07 Å². The van der Waals surface area contributed by atoms with Crippen molar-refractivity contribution in [1.82, 2.24) is 9.97 Å². The lowest BCUT2D eigenvalue weighted by Crippen LogP contribution is -2.47. The first-order chi connectivity index (χ1) is 18.0. The summed E-state index contributed by atoms with van der Waals surface area (Å²) in [7, 11) is 6.45. The number of piperazine rings is 1. The number of fused-ring (bicyclic) bond motifs is 1. The minimum absolute atomic E-state index is 0.0404. The highest BCUT2D eigenvalue weighted by molar-refractivity contribution is 5.98. The molecule has 0 amide bonds. The number of methoxy groups -OCH3 is 4. The summed E-state index contributed by atoms with van der Waals surface area (Å²) in [6.45, 7) is 3.28. The van der Waals surface area contributed by atoms with Crippen LogP contribution < -0.4 is 28.7 Å². The zero-order chi connectivity index (χ0) is 25.9. The smallest absolute Gasteiger partial charge is 0.225 e. The van der Waals surface area contributed by atoms with Crippen molar-refractivity contribution in [2.45, 2.75) is 18.8 Å². The van der Waals surface area contributed by atoms with Crippen LogP contribution >= 0.6 is 0 Å². The molecule has 1 atom stereocenters. The summed E-state index contributed by atoms with van der Waals surface area (Å²) in [4.78, 5) is 27.0. The van der Waals surface area contributed by atoms with Crippen molar-refractivity contribution in [1.29, 1.82) is 0 Å². The van der Waals surface area contributed by atoms with Crippen molar-refractivity contribution >= 4 is 17.4 Å². The molecule has 0 saturated carbocycles. The van der Waals surface area contributed by atoms with Gasteiger partial charge in [0.2, 0.25) is 11.7 Å². The highest BCUT2D eigenvalue weighted by Crippen LogP contribution is 2.42. The summed E-state index contributed by atoms with van der Waals surface area (Å²) in [6, 6.07) is 12.0. The lowest BCUT2D eigenvalue weighted by atomic mass is 9.82. The molecule has 2 heterocycles. The number of aromatic nitrogens is 2. The van der Waals surface area contributed by atoms with E-state index in [1.807, 2.05) is 24.3 Å². The van der Waals surface area contributed by atoms with Gasteiger partial charge >= 0.3 is 0 Å². The van der Waals surface area contributed by atoms with E-state index in [9.17, 15) is 4.79 Å². The van der Waals surface area contributed by atoms with Crippen LogP contribution in [0.25, 0.3) is 0 Å². The van der Waals surface area contributed by atoms with Crippen LogP contribution in [0.5, 0.6) is 23.0 Å². The SMILES string of the molecule is COc1cccc(N2CCN(c3ncc4c(n3)C[C@@H](c3cc(OC)c(OC)c(OC)c3)CC4=O)CC2)c1. The predicted molar refractivity (Wildman–Crippen MR) is 141 cm³/mol. The molecule has 5 rings (SSSR count). The van der Waals surface area contributed by atoms with Crippen LogP contribution in [0, 0.1) is 0 Å². The summed E-state index contributed by atoms with van der Waals surface area (Å²) >= 11 is 0. The number of carbonyl (C=O) groups excluding carboxylic acids is 1. The molecule has 0 radical (unpaired) electrons. The predicted octanol–water partition coefficient (Wildman–Crippen LogP) is 3.75. The van der Waals surface area contributed by atoms with E-state index in [0.717, 1.165) is 48.9 Å². The maximum Gasteiger partial charge on any atom is 0.225 e. The lowest BCUT2D eigenvalue weighted by molar-refractivity contribution is 0.0962. The van der Waals surface area contributed by atoms with Crippen LogP contribution in [0.15, 0.2) is 42.6 Å². The van der Waals surface area contributed by atoms with E-state index in [1.54, 1.807) is 34.6 Å². The minimum Gasteiger partial charge on any atom is -0.497 e. The molecule has 2 aliphatic rings. The first-order valence-electron chi connectivity index (χ1n) is 12.4. The van der Waals surface area contributed by atoms with Crippen molar-refractivity contribution in [3.8, 4) is 23.0 Å². The van der Waals surface area contributed by atoms with Crippen LogP contribution in [0.4, 0.5) is 11.6 Å². The van der Waals surface area contributed by atoms with Crippen molar-refractivity contribution in [2.75, 3.05) is 64.4 Å². The number of nitrogens with zero attached hydrogens (tertiary/aromatic N) is 4. The molecule has 1 aliphatic heterocycles. The number of benzene rings is 2. The van der Waals surface area contributed by atoms with Gasteiger partial charge in [0.1, 0.15) is 5.75 Å². The van der Waals surface area contributed by atoms with Crippen LogP contribution in [0.1, 0.15) is 34.0 Å². The summed E-state index contributed by atoms with van der Waals surface area (Å²) in [5, 5.41) is 0. The van der Waals surface area contributed by atoms with Crippen molar-refractivity contribution in [3.05, 3.63) is 59.4 Å². The average molecular weight is 505 g/mol. The average Bonchev–Trinajstić information content (AvgIpc) is 2.96. The van der Waals surface area contributed by atoms with Gasteiger partial charge in [-0.15, -0.1) is 0 Å². The number of carbonyl (C=O) groups is 1. The molecule has 37 heavy (non-hydrogen) atoms. The maximum atomic E-state index is 13.0. The largest absolute Gasteiger partial charge is 0.497 e. The van der Waals surface area contributed by atoms with Gasteiger partial charge in [-0.25, -0.2) is 9.97 Å². The number of hydrogen-bond donors (Lipinski definition) is 0. The molecule has 1 saturated heterocycles. The monoisotopic (exact) mass is 504 g/mol. The van der Waals surface area contributed by atoms with Crippen molar-refractivity contribution in [3.63, 3.8) is 0 Å². The second-order valence-electron chi connectivity index (χ2n) is 9.19. The highest BCUT2D eigenvalue weighted by Gasteiger charge is 2.30. The van der Waals surface area contributed by atoms with Gasteiger partial charge in [0.05, 0.1) is 39.7 Å². The van der Waals surface area contributed by atoms with E-state index in [2.05, 4.69) is 26.9 Å². The Morgan fingerprint density at radius 1 is 0.838 bits per heavy atom. The molecule has 194 valence electrons. The van der Waals surface area contributed by atoms with E-state index in [4.69, 9.17) is 23.9 Å². The highest BCUT2D eigenvalue weighted by atomic mass is 16.5. The molecule has 1 fully saturated rings. The Labute approximate surface area is 216 Å². The van der Waals surface area contributed by atoms with Crippen LogP contribution in [-0.2, 0) is 6.42 Å². The number of Topliss-reactive ketones (excluding diaryl/α,β-unsaturated/α-hetero) is 1. The fraction of sp³-hybridized carbons (Fsp3) is 0.393. The maximum absolute atomic E-state index is 13.0. The van der Waals surface area contributed by atoms with Gasteiger partial charge in [-0.05, 0) is 42.2 Å². The fourth-order valence-electron chi connectivity index (χ4n) is 5.13. The van der Waals surface area contributed by atoms with Gasteiger partial charge in [-0.2, -0.15) is 0 Å². The van der Waals surface area contributed by atoms with E-state index >= 15 is 0 Å². The molecule has 0 N–H and O–H groups in total. The second kappa shape index (κ2) is 10.5. The molecule has 0 unspecified atom stereocenters.